The number of aliphatic hydroxyl groups is 1. The number of methoxy groups -OCH3 is 1. The fourth-order valence-corrected chi connectivity index (χ4v) is 4.52. The zero-order chi connectivity index (χ0) is 23.4. The highest BCUT2D eigenvalue weighted by Crippen LogP contribution is 2.40. The number of hydrogen-bond donors (Lipinski definition) is 1. The van der Waals surface area contributed by atoms with E-state index in [1.165, 1.54) is 0 Å². The lowest BCUT2D eigenvalue weighted by Crippen LogP contribution is -2.38. The normalized spacial score (nSPS) is 17.9. The number of benzene rings is 2. The second-order valence-electron chi connectivity index (χ2n) is 7.76. The molecule has 0 spiro atoms. The highest BCUT2D eigenvalue weighted by Gasteiger charge is 2.46. The molecule has 0 bridgehead atoms. The number of halogens is 1. The maximum absolute atomic E-state index is 13.1. The largest absolute Gasteiger partial charge is 0.507 e. The Hall–Kier alpha value is -2.64. The van der Waals surface area contributed by atoms with Crippen LogP contribution in [0.2, 0.25) is 0 Å². The Kier molecular flexibility index (Phi) is 7.74. The zero-order valence-electron chi connectivity index (χ0n) is 18.9. The van der Waals surface area contributed by atoms with E-state index in [9.17, 15) is 14.7 Å². The third-order valence-electron chi connectivity index (χ3n) is 5.92. The number of carbonyl (C=O) groups excluding carboxylic acids is 2. The molecule has 2 aromatic carbocycles. The number of hydrogen-bond acceptors (Lipinski definition) is 5. The molecule has 6 nitrogen and oxygen atoms in total. The van der Waals surface area contributed by atoms with Crippen LogP contribution in [0.25, 0.3) is 5.76 Å². The molecule has 1 amide bonds. The van der Waals surface area contributed by atoms with Crippen LogP contribution < -0.4 is 4.74 Å². The average molecular weight is 501 g/mol. The van der Waals surface area contributed by atoms with Crippen LogP contribution in [0.5, 0.6) is 5.75 Å². The minimum absolute atomic E-state index is 0.109. The van der Waals surface area contributed by atoms with Crippen LogP contribution in [0.1, 0.15) is 36.6 Å². The van der Waals surface area contributed by atoms with Gasteiger partial charge in [-0.15, -0.1) is 0 Å². The van der Waals surface area contributed by atoms with Crippen LogP contribution in [0.4, 0.5) is 0 Å². The van der Waals surface area contributed by atoms with Gasteiger partial charge in [-0.05, 0) is 61.5 Å². The van der Waals surface area contributed by atoms with Gasteiger partial charge in [-0.1, -0.05) is 41.9 Å². The molecule has 1 fully saturated rings. The molecule has 1 heterocycles. The second-order valence-corrected chi connectivity index (χ2v) is 8.67. The van der Waals surface area contributed by atoms with E-state index in [4.69, 9.17) is 4.74 Å². The Morgan fingerprint density at radius 1 is 1.16 bits per heavy atom. The van der Waals surface area contributed by atoms with Crippen molar-refractivity contribution in [1.29, 1.82) is 0 Å². The van der Waals surface area contributed by atoms with E-state index in [0.29, 0.717) is 24.4 Å². The molecule has 1 aliphatic rings. The van der Waals surface area contributed by atoms with Gasteiger partial charge >= 0.3 is 0 Å². The van der Waals surface area contributed by atoms with E-state index in [0.717, 1.165) is 28.7 Å². The van der Waals surface area contributed by atoms with Crippen molar-refractivity contribution < 1.29 is 19.4 Å². The predicted octanol–water partition coefficient (Wildman–Crippen LogP) is 4.53. The van der Waals surface area contributed by atoms with Gasteiger partial charge in [-0.3, -0.25) is 9.59 Å². The molecule has 32 heavy (non-hydrogen) atoms. The van der Waals surface area contributed by atoms with Gasteiger partial charge < -0.3 is 19.6 Å². The number of aliphatic hydroxyl groups excluding tert-OH is 1. The minimum Gasteiger partial charge on any atom is -0.507 e. The smallest absolute Gasteiger partial charge is 0.295 e. The van der Waals surface area contributed by atoms with Gasteiger partial charge in [-0.25, -0.2) is 0 Å². The molecule has 0 unspecified atom stereocenters. The summed E-state index contributed by atoms with van der Waals surface area (Å²) in [6.45, 7) is 8.74. The first kappa shape index (κ1) is 24.0. The van der Waals surface area contributed by atoms with Crippen molar-refractivity contribution in [2.45, 2.75) is 26.8 Å². The number of nitrogens with zero attached hydrogens (tertiary/aromatic N) is 2. The number of likely N-dealkylation sites (tertiary alicyclic amines) is 1. The predicted molar refractivity (Wildman–Crippen MR) is 129 cm³/mol. The zero-order valence-corrected chi connectivity index (χ0v) is 20.5. The molecule has 0 saturated carbocycles. The van der Waals surface area contributed by atoms with E-state index in [1.807, 2.05) is 31.2 Å². The molecule has 1 N–H and O–H groups in total. The lowest BCUT2D eigenvalue weighted by molar-refractivity contribution is -0.140. The molecule has 170 valence electrons. The third-order valence-corrected chi connectivity index (χ3v) is 6.42. The summed E-state index contributed by atoms with van der Waals surface area (Å²) in [4.78, 5) is 30.0. The Labute approximate surface area is 197 Å². The quantitative estimate of drug-likeness (QED) is 0.327. The Balaban J connectivity index is 2.12. The molecule has 1 aliphatic heterocycles. The van der Waals surface area contributed by atoms with Crippen LogP contribution in [0.3, 0.4) is 0 Å². The van der Waals surface area contributed by atoms with Gasteiger partial charge in [0.15, 0.2) is 0 Å². The van der Waals surface area contributed by atoms with Crippen LogP contribution >= 0.6 is 15.9 Å². The molecular formula is C25H29BrN2O4. The van der Waals surface area contributed by atoms with Gasteiger partial charge in [0, 0.05) is 23.1 Å². The van der Waals surface area contributed by atoms with Crippen molar-refractivity contribution >= 4 is 33.4 Å². The third kappa shape index (κ3) is 4.74. The Morgan fingerprint density at radius 2 is 1.88 bits per heavy atom. The number of likely N-dealkylation sites (N-methyl/N-ethyl adjacent to an activating group) is 1. The molecule has 0 radical (unpaired) electrons. The summed E-state index contributed by atoms with van der Waals surface area (Å²) in [7, 11) is 1.58. The van der Waals surface area contributed by atoms with Gasteiger partial charge in [-0.2, -0.15) is 0 Å². The number of ketones is 1. The summed E-state index contributed by atoms with van der Waals surface area (Å²) in [5.41, 5.74) is 2.18. The molecule has 0 aliphatic carbocycles. The fourth-order valence-electron chi connectivity index (χ4n) is 4.10. The molecule has 0 aromatic heterocycles. The molecule has 1 saturated heterocycles. The van der Waals surface area contributed by atoms with Crippen LogP contribution in [0, 0.1) is 6.92 Å². The highest BCUT2D eigenvalue weighted by atomic mass is 79.9. The van der Waals surface area contributed by atoms with E-state index in [2.05, 4.69) is 34.7 Å². The number of ether oxygens (including phenoxy) is 1. The molecule has 2 aromatic rings. The first-order chi connectivity index (χ1) is 15.3. The van der Waals surface area contributed by atoms with E-state index >= 15 is 0 Å². The Bertz CT molecular complexity index is 1050. The van der Waals surface area contributed by atoms with Crippen molar-refractivity contribution in [2.75, 3.05) is 33.3 Å². The summed E-state index contributed by atoms with van der Waals surface area (Å²) in [5, 5.41) is 11.2. The van der Waals surface area contributed by atoms with Crippen molar-refractivity contribution in [3.63, 3.8) is 0 Å². The first-order valence-electron chi connectivity index (χ1n) is 10.7. The summed E-state index contributed by atoms with van der Waals surface area (Å²) in [6, 6.07) is 12.0. The Morgan fingerprint density at radius 3 is 2.47 bits per heavy atom. The summed E-state index contributed by atoms with van der Waals surface area (Å²) < 4.78 is 6.14. The summed E-state index contributed by atoms with van der Waals surface area (Å²) in [6.07, 6.45) is 0. The maximum Gasteiger partial charge on any atom is 0.295 e. The maximum atomic E-state index is 13.1. The molecule has 3 rings (SSSR count). The topological polar surface area (TPSA) is 70.1 Å². The highest BCUT2D eigenvalue weighted by molar-refractivity contribution is 9.10. The van der Waals surface area contributed by atoms with E-state index in [-0.39, 0.29) is 11.3 Å². The second kappa shape index (κ2) is 10.3. The fraction of sp³-hybridized carbons (Fsp3) is 0.360. The molecular weight excluding hydrogens is 472 g/mol. The lowest BCUT2D eigenvalue weighted by atomic mass is 9.95. The van der Waals surface area contributed by atoms with Crippen molar-refractivity contribution in [3.05, 3.63) is 69.2 Å². The van der Waals surface area contributed by atoms with E-state index < -0.39 is 17.7 Å². The van der Waals surface area contributed by atoms with Crippen LogP contribution in [-0.2, 0) is 9.59 Å². The summed E-state index contributed by atoms with van der Waals surface area (Å²) in [5.74, 6) is -0.747. The van der Waals surface area contributed by atoms with Crippen molar-refractivity contribution in [2.24, 2.45) is 0 Å². The van der Waals surface area contributed by atoms with Gasteiger partial charge in [0.2, 0.25) is 0 Å². The molecule has 7 heteroatoms. The van der Waals surface area contributed by atoms with E-state index in [1.54, 1.807) is 30.2 Å². The number of aryl methyl sites for hydroxylation is 1. The lowest BCUT2D eigenvalue weighted by Gasteiger charge is -2.28. The van der Waals surface area contributed by atoms with Gasteiger partial charge in [0.1, 0.15) is 11.5 Å². The number of carbonyl (C=O) groups is 2. The first-order valence-corrected chi connectivity index (χ1v) is 11.5. The standard InChI is InChI=1S/C25H29BrN2O4/c1-5-27(6-2)12-13-28-22(17-8-7-9-19(26)15-17)21(24(30)25(28)31)23(29)18-10-11-20(32-4)16(3)14-18/h7-11,14-15,22,29H,5-6,12-13H2,1-4H3/b23-21+/t22-/m1/s1. The number of amides is 1. The number of rotatable bonds is 8. The van der Waals surface area contributed by atoms with Crippen LogP contribution in [0.15, 0.2) is 52.5 Å². The van der Waals surface area contributed by atoms with Crippen molar-refractivity contribution in [3.8, 4) is 5.75 Å². The monoisotopic (exact) mass is 500 g/mol. The van der Waals surface area contributed by atoms with Crippen molar-refractivity contribution in [1.82, 2.24) is 9.80 Å². The summed E-state index contributed by atoms with van der Waals surface area (Å²) >= 11 is 3.48. The number of Topliss-reactive ketones (excluding diaryl/α,β-unsaturated/α-hetero) is 1. The average Bonchev–Trinajstić information content (AvgIpc) is 3.04. The van der Waals surface area contributed by atoms with Crippen LogP contribution in [-0.4, -0.2) is 59.9 Å². The van der Waals surface area contributed by atoms with Gasteiger partial charge in [0.05, 0.1) is 18.7 Å². The SMILES string of the molecule is CCN(CC)CCN1C(=O)C(=O)/C(=C(/O)c2ccc(OC)c(C)c2)[C@H]1c1cccc(Br)c1. The van der Waals surface area contributed by atoms with Gasteiger partial charge in [0.25, 0.3) is 11.7 Å². The molecule has 1 atom stereocenters. The minimum atomic E-state index is -0.666.